The van der Waals surface area contributed by atoms with Crippen LogP contribution in [0.3, 0.4) is 0 Å². The predicted molar refractivity (Wildman–Crippen MR) is 48.0 cm³/mol. The molecule has 10 heavy (non-hydrogen) atoms. The summed E-state index contributed by atoms with van der Waals surface area (Å²) in [5.74, 6) is 0. The number of rotatable bonds is 1. The fourth-order valence-electron chi connectivity index (χ4n) is 0.848. The predicted octanol–water partition coefficient (Wildman–Crippen LogP) is 3.19. The molecule has 0 aliphatic carbocycles. The molecule has 0 bridgehead atoms. The van der Waals surface area contributed by atoms with Crippen LogP contribution in [0.25, 0.3) is 0 Å². The Kier molecular flexibility index (Phi) is 2.50. The molecule has 0 aliphatic rings. The fourth-order valence-corrected chi connectivity index (χ4v) is 1.09. The van der Waals surface area contributed by atoms with Gasteiger partial charge in [0.05, 0.1) is 0 Å². The van der Waals surface area contributed by atoms with Crippen molar-refractivity contribution in [3.63, 3.8) is 0 Å². The van der Waals surface area contributed by atoms with Gasteiger partial charge in [-0.15, -0.1) is 0 Å². The largest absolute Gasteiger partial charge is 0.0613 e. The van der Waals surface area contributed by atoms with Crippen LogP contribution < -0.4 is 0 Å². The van der Waals surface area contributed by atoms with E-state index >= 15 is 0 Å². The van der Waals surface area contributed by atoms with Crippen molar-refractivity contribution in [1.29, 1.82) is 0 Å². The molecule has 0 atom stereocenters. The molecule has 53 valence electrons. The molecule has 0 N–H and O–H groups in total. The highest BCUT2D eigenvalue weighted by atomic mass is 79.9. The third-order valence-corrected chi connectivity index (χ3v) is 2.29. The van der Waals surface area contributed by atoms with Gasteiger partial charge in [0, 0.05) is 4.47 Å². The van der Waals surface area contributed by atoms with Crippen LogP contribution in [-0.2, 0) is 6.42 Å². The van der Waals surface area contributed by atoms with Gasteiger partial charge in [0.2, 0.25) is 0 Å². The molecular weight excluding hydrogens is 188 g/mol. The topological polar surface area (TPSA) is 0 Å². The van der Waals surface area contributed by atoms with Gasteiger partial charge in [-0.3, -0.25) is 0 Å². The van der Waals surface area contributed by atoms with Crippen LogP contribution >= 0.6 is 15.9 Å². The van der Waals surface area contributed by atoms with Crippen LogP contribution in [0.2, 0.25) is 0 Å². The van der Waals surface area contributed by atoms with Crippen molar-refractivity contribution in [1.82, 2.24) is 0 Å². The number of aryl methyl sites for hydroxylation is 1. The lowest BCUT2D eigenvalue weighted by molar-refractivity contribution is 1.13. The Morgan fingerprint density at radius 2 is 2.20 bits per heavy atom. The standard InChI is InChI=1S/C9H10Br/c1-3-8-4-5-9(10)7(2)6-8/h4-6H,2-3H2,1H3. The van der Waals surface area contributed by atoms with Crippen LogP contribution in [0.1, 0.15) is 18.1 Å². The third-order valence-electron chi connectivity index (χ3n) is 1.52. The van der Waals surface area contributed by atoms with Crippen molar-refractivity contribution in [3.05, 3.63) is 40.7 Å². The van der Waals surface area contributed by atoms with Crippen LogP contribution in [0.15, 0.2) is 22.7 Å². The van der Waals surface area contributed by atoms with Crippen molar-refractivity contribution >= 4 is 15.9 Å². The zero-order valence-corrected chi connectivity index (χ0v) is 7.61. The van der Waals surface area contributed by atoms with E-state index < -0.39 is 0 Å². The highest BCUT2D eigenvalue weighted by Gasteiger charge is 1.93. The second kappa shape index (κ2) is 3.20. The lowest BCUT2D eigenvalue weighted by atomic mass is 10.1. The Morgan fingerprint density at radius 3 is 2.70 bits per heavy atom. The second-order valence-corrected chi connectivity index (χ2v) is 3.13. The molecule has 0 heterocycles. The molecule has 1 heteroatoms. The number of benzene rings is 1. The van der Waals surface area contributed by atoms with E-state index in [0.29, 0.717) is 0 Å². The van der Waals surface area contributed by atoms with Gasteiger partial charge in [0.1, 0.15) is 0 Å². The van der Waals surface area contributed by atoms with E-state index in [-0.39, 0.29) is 0 Å². The third kappa shape index (κ3) is 1.60. The quantitative estimate of drug-likeness (QED) is 0.649. The average molecular weight is 198 g/mol. The summed E-state index contributed by atoms with van der Waals surface area (Å²) in [5, 5.41) is 0. The smallest absolute Gasteiger partial charge is 0.0207 e. The van der Waals surface area contributed by atoms with E-state index in [4.69, 9.17) is 0 Å². The monoisotopic (exact) mass is 197 g/mol. The van der Waals surface area contributed by atoms with Gasteiger partial charge in [0.15, 0.2) is 0 Å². The normalized spacial score (nSPS) is 9.90. The first-order valence-electron chi connectivity index (χ1n) is 3.34. The first-order chi connectivity index (χ1) is 4.74. The molecule has 0 amide bonds. The van der Waals surface area contributed by atoms with Crippen molar-refractivity contribution in [2.75, 3.05) is 0 Å². The van der Waals surface area contributed by atoms with E-state index in [2.05, 4.69) is 41.9 Å². The van der Waals surface area contributed by atoms with Gasteiger partial charge in [-0.1, -0.05) is 35.0 Å². The molecule has 0 saturated carbocycles. The Balaban J connectivity index is 3.04. The van der Waals surface area contributed by atoms with Crippen LogP contribution in [0, 0.1) is 6.92 Å². The lowest BCUT2D eigenvalue weighted by Crippen LogP contribution is -1.81. The molecule has 0 aliphatic heterocycles. The first kappa shape index (κ1) is 7.80. The number of halogens is 1. The molecule has 0 fully saturated rings. The van der Waals surface area contributed by atoms with Crippen molar-refractivity contribution < 1.29 is 0 Å². The Labute approximate surface area is 70.4 Å². The lowest BCUT2D eigenvalue weighted by Gasteiger charge is -1.99. The summed E-state index contributed by atoms with van der Waals surface area (Å²) in [6.07, 6.45) is 1.08. The van der Waals surface area contributed by atoms with E-state index in [1.54, 1.807) is 0 Å². The summed E-state index contributed by atoms with van der Waals surface area (Å²) in [4.78, 5) is 0. The van der Waals surface area contributed by atoms with E-state index in [0.717, 1.165) is 16.5 Å². The fraction of sp³-hybridized carbons (Fsp3) is 0.222. The van der Waals surface area contributed by atoms with E-state index in [1.165, 1.54) is 5.56 Å². The SMILES string of the molecule is [CH2]c1cc(CC)ccc1Br. The zero-order chi connectivity index (χ0) is 7.56. The highest BCUT2D eigenvalue weighted by Crippen LogP contribution is 2.16. The summed E-state index contributed by atoms with van der Waals surface area (Å²) in [5.41, 5.74) is 2.41. The van der Waals surface area contributed by atoms with E-state index in [1.807, 2.05) is 6.07 Å². The van der Waals surface area contributed by atoms with Crippen molar-refractivity contribution in [2.45, 2.75) is 13.3 Å². The van der Waals surface area contributed by atoms with Crippen molar-refractivity contribution in [2.24, 2.45) is 0 Å². The van der Waals surface area contributed by atoms with Gasteiger partial charge in [-0.25, -0.2) is 0 Å². The molecule has 0 nitrogen and oxygen atoms in total. The van der Waals surface area contributed by atoms with Crippen LogP contribution in [0.4, 0.5) is 0 Å². The second-order valence-electron chi connectivity index (χ2n) is 2.28. The van der Waals surface area contributed by atoms with Gasteiger partial charge >= 0.3 is 0 Å². The Bertz CT molecular complexity index is 228. The number of hydrogen-bond acceptors (Lipinski definition) is 0. The molecule has 1 rings (SSSR count). The molecule has 0 aromatic heterocycles. The minimum absolute atomic E-state index is 1.07. The summed E-state index contributed by atoms with van der Waals surface area (Å²) in [6, 6.07) is 6.25. The van der Waals surface area contributed by atoms with Gasteiger partial charge in [-0.05, 0) is 30.5 Å². The summed E-state index contributed by atoms with van der Waals surface area (Å²) in [7, 11) is 0. The van der Waals surface area contributed by atoms with Crippen molar-refractivity contribution in [3.8, 4) is 0 Å². The Hall–Kier alpha value is -0.300. The maximum absolute atomic E-state index is 3.88. The summed E-state index contributed by atoms with van der Waals surface area (Å²) in [6.45, 7) is 6.02. The molecule has 1 aromatic rings. The highest BCUT2D eigenvalue weighted by molar-refractivity contribution is 9.10. The minimum atomic E-state index is 1.07. The summed E-state index contributed by atoms with van der Waals surface area (Å²) >= 11 is 3.40. The molecule has 1 radical (unpaired) electrons. The first-order valence-corrected chi connectivity index (χ1v) is 4.13. The minimum Gasteiger partial charge on any atom is -0.0613 e. The van der Waals surface area contributed by atoms with Crippen LogP contribution in [0.5, 0.6) is 0 Å². The Morgan fingerprint density at radius 1 is 1.50 bits per heavy atom. The van der Waals surface area contributed by atoms with Gasteiger partial charge < -0.3 is 0 Å². The molecular formula is C9H10Br. The number of hydrogen-bond donors (Lipinski definition) is 0. The molecule has 0 saturated heterocycles. The summed E-state index contributed by atoms with van der Waals surface area (Å²) < 4.78 is 1.09. The molecule has 0 unspecified atom stereocenters. The van der Waals surface area contributed by atoms with Crippen LogP contribution in [-0.4, -0.2) is 0 Å². The maximum Gasteiger partial charge on any atom is 0.0207 e. The van der Waals surface area contributed by atoms with Gasteiger partial charge in [-0.2, -0.15) is 0 Å². The maximum atomic E-state index is 3.88. The molecule has 0 spiro atoms. The molecule has 1 aromatic carbocycles. The van der Waals surface area contributed by atoms with Gasteiger partial charge in [0.25, 0.3) is 0 Å². The van der Waals surface area contributed by atoms with E-state index in [9.17, 15) is 0 Å². The zero-order valence-electron chi connectivity index (χ0n) is 6.02. The average Bonchev–Trinajstić information content (AvgIpc) is 1.95.